The van der Waals surface area contributed by atoms with Gasteiger partial charge in [0.05, 0.1) is 17.9 Å². The van der Waals surface area contributed by atoms with Crippen LogP contribution in [0.25, 0.3) is 0 Å². The lowest BCUT2D eigenvalue weighted by Crippen LogP contribution is -2.49. The van der Waals surface area contributed by atoms with E-state index in [0.717, 1.165) is 18.5 Å². The Morgan fingerprint density at radius 3 is 2.80 bits per heavy atom. The van der Waals surface area contributed by atoms with Gasteiger partial charge in [-0.05, 0) is 56.0 Å². The van der Waals surface area contributed by atoms with Crippen LogP contribution < -0.4 is 16.2 Å². The third-order valence-electron chi connectivity index (χ3n) is 3.99. The predicted octanol–water partition coefficient (Wildman–Crippen LogP) is 2.29. The largest absolute Gasteiger partial charge is 0.362 e. The van der Waals surface area contributed by atoms with Crippen LogP contribution >= 0.6 is 15.9 Å². The summed E-state index contributed by atoms with van der Waals surface area (Å²) in [6.07, 6.45) is 5.17. The molecule has 2 rings (SSSR count). The Kier molecular flexibility index (Phi) is 4.86. The van der Waals surface area contributed by atoms with E-state index >= 15 is 0 Å². The van der Waals surface area contributed by atoms with Gasteiger partial charge in [0, 0.05) is 18.6 Å². The van der Waals surface area contributed by atoms with Crippen LogP contribution in [0.2, 0.25) is 0 Å². The van der Waals surface area contributed by atoms with Crippen LogP contribution in [0.3, 0.4) is 0 Å². The minimum absolute atomic E-state index is 0.0527. The second-order valence-corrected chi connectivity index (χ2v) is 6.56. The maximum absolute atomic E-state index is 12.4. The SMILES string of the molecule is CC1CCCC(CN)N1c1cnn(C(C)C)c(=O)c1Br. The number of halogens is 1. The van der Waals surface area contributed by atoms with E-state index in [1.165, 1.54) is 11.1 Å². The van der Waals surface area contributed by atoms with Crippen molar-refractivity contribution in [3.63, 3.8) is 0 Å². The molecule has 1 fully saturated rings. The molecule has 0 bridgehead atoms. The normalized spacial score (nSPS) is 23.4. The molecule has 0 aliphatic carbocycles. The Morgan fingerprint density at radius 1 is 1.50 bits per heavy atom. The lowest BCUT2D eigenvalue weighted by Gasteiger charge is -2.42. The molecule has 6 heteroatoms. The smallest absolute Gasteiger partial charge is 0.283 e. The molecule has 1 aliphatic heterocycles. The van der Waals surface area contributed by atoms with Gasteiger partial charge in [-0.1, -0.05) is 0 Å². The molecule has 0 amide bonds. The highest BCUT2D eigenvalue weighted by Gasteiger charge is 2.29. The molecule has 2 atom stereocenters. The first kappa shape index (κ1) is 15.5. The number of anilines is 1. The maximum Gasteiger partial charge on any atom is 0.283 e. The fourth-order valence-electron chi connectivity index (χ4n) is 2.94. The van der Waals surface area contributed by atoms with Crippen LogP contribution in [0.5, 0.6) is 0 Å². The van der Waals surface area contributed by atoms with Gasteiger partial charge in [-0.2, -0.15) is 5.10 Å². The molecule has 2 heterocycles. The van der Waals surface area contributed by atoms with Crippen molar-refractivity contribution in [2.45, 2.75) is 58.2 Å². The van der Waals surface area contributed by atoms with Crippen LogP contribution in [0.4, 0.5) is 5.69 Å². The van der Waals surface area contributed by atoms with Gasteiger partial charge in [0.15, 0.2) is 0 Å². The van der Waals surface area contributed by atoms with Crippen molar-refractivity contribution in [2.75, 3.05) is 11.4 Å². The van der Waals surface area contributed by atoms with E-state index in [1.54, 1.807) is 6.20 Å². The molecule has 112 valence electrons. The van der Waals surface area contributed by atoms with Crippen molar-refractivity contribution in [1.82, 2.24) is 9.78 Å². The number of piperidine rings is 1. The summed E-state index contributed by atoms with van der Waals surface area (Å²) < 4.78 is 2.09. The van der Waals surface area contributed by atoms with Crippen LogP contribution in [-0.2, 0) is 0 Å². The summed E-state index contributed by atoms with van der Waals surface area (Å²) in [6, 6.07) is 0.716. The lowest BCUT2D eigenvalue weighted by molar-refractivity contribution is 0.398. The number of rotatable bonds is 3. The quantitative estimate of drug-likeness (QED) is 0.915. The predicted molar refractivity (Wildman–Crippen MR) is 85.2 cm³/mol. The van der Waals surface area contributed by atoms with Crippen LogP contribution in [0.15, 0.2) is 15.5 Å². The molecule has 2 N–H and O–H groups in total. The number of aromatic nitrogens is 2. The third-order valence-corrected chi connectivity index (χ3v) is 4.74. The van der Waals surface area contributed by atoms with Crippen molar-refractivity contribution in [1.29, 1.82) is 0 Å². The number of hydrogen-bond acceptors (Lipinski definition) is 4. The molecule has 0 spiro atoms. The zero-order chi connectivity index (χ0) is 14.9. The highest BCUT2D eigenvalue weighted by Crippen LogP contribution is 2.32. The summed E-state index contributed by atoms with van der Waals surface area (Å²) in [4.78, 5) is 14.6. The fraction of sp³-hybridized carbons (Fsp3) is 0.714. The van der Waals surface area contributed by atoms with Crippen molar-refractivity contribution in [2.24, 2.45) is 5.73 Å². The van der Waals surface area contributed by atoms with Crippen molar-refractivity contribution in [3.8, 4) is 0 Å². The molecule has 1 aromatic heterocycles. The van der Waals surface area contributed by atoms with E-state index in [9.17, 15) is 4.79 Å². The second kappa shape index (κ2) is 6.26. The molecule has 0 saturated carbocycles. The zero-order valence-electron chi connectivity index (χ0n) is 12.3. The molecule has 1 saturated heterocycles. The Hall–Kier alpha value is -0.880. The molecule has 0 radical (unpaired) electrons. The molecule has 5 nitrogen and oxygen atoms in total. The number of hydrogen-bond donors (Lipinski definition) is 1. The average molecular weight is 343 g/mol. The monoisotopic (exact) mass is 342 g/mol. The van der Waals surface area contributed by atoms with E-state index in [0.29, 0.717) is 17.1 Å². The van der Waals surface area contributed by atoms with E-state index in [4.69, 9.17) is 5.73 Å². The molecular weight excluding hydrogens is 320 g/mol. The van der Waals surface area contributed by atoms with Gasteiger partial charge < -0.3 is 10.6 Å². The van der Waals surface area contributed by atoms with Crippen molar-refractivity contribution >= 4 is 21.6 Å². The summed E-state index contributed by atoms with van der Waals surface area (Å²) >= 11 is 3.46. The van der Waals surface area contributed by atoms with Gasteiger partial charge in [-0.15, -0.1) is 0 Å². The highest BCUT2D eigenvalue weighted by atomic mass is 79.9. The van der Waals surface area contributed by atoms with Gasteiger partial charge in [0.2, 0.25) is 0 Å². The third kappa shape index (κ3) is 2.76. The van der Waals surface area contributed by atoms with E-state index < -0.39 is 0 Å². The van der Waals surface area contributed by atoms with Crippen molar-refractivity contribution < 1.29 is 0 Å². The minimum Gasteiger partial charge on any atom is -0.362 e. The first-order chi connectivity index (χ1) is 9.47. The standard InChI is InChI=1S/C14H23BrN4O/c1-9(2)19-14(20)13(15)12(8-17-19)18-10(3)5-4-6-11(18)7-16/h8-11H,4-7,16H2,1-3H3. The van der Waals surface area contributed by atoms with Crippen LogP contribution in [0, 0.1) is 0 Å². The highest BCUT2D eigenvalue weighted by molar-refractivity contribution is 9.10. The zero-order valence-corrected chi connectivity index (χ0v) is 13.9. The minimum atomic E-state index is -0.0777. The van der Waals surface area contributed by atoms with E-state index in [-0.39, 0.29) is 17.6 Å². The molecular formula is C14H23BrN4O. The molecule has 1 aromatic rings. The first-order valence-electron chi connectivity index (χ1n) is 7.23. The van der Waals surface area contributed by atoms with Gasteiger partial charge in [-0.3, -0.25) is 4.79 Å². The van der Waals surface area contributed by atoms with Gasteiger partial charge in [-0.25, -0.2) is 4.68 Å². The van der Waals surface area contributed by atoms with E-state index in [2.05, 4.69) is 32.9 Å². The van der Waals surface area contributed by atoms with Crippen LogP contribution in [0.1, 0.15) is 46.1 Å². The molecule has 0 aromatic carbocycles. The first-order valence-corrected chi connectivity index (χ1v) is 8.02. The fourth-order valence-corrected chi connectivity index (χ4v) is 3.43. The Balaban J connectivity index is 2.46. The van der Waals surface area contributed by atoms with Crippen LogP contribution in [-0.4, -0.2) is 28.4 Å². The maximum atomic E-state index is 12.4. The van der Waals surface area contributed by atoms with Gasteiger partial charge in [0.1, 0.15) is 4.47 Å². The van der Waals surface area contributed by atoms with Crippen molar-refractivity contribution in [3.05, 3.63) is 21.0 Å². The molecule has 1 aliphatic rings. The molecule has 2 unspecified atom stereocenters. The van der Waals surface area contributed by atoms with Gasteiger partial charge >= 0.3 is 0 Å². The second-order valence-electron chi connectivity index (χ2n) is 5.76. The molecule has 20 heavy (non-hydrogen) atoms. The summed E-state index contributed by atoms with van der Waals surface area (Å²) in [5.74, 6) is 0. The van der Waals surface area contributed by atoms with Gasteiger partial charge in [0.25, 0.3) is 5.56 Å². The Morgan fingerprint density at radius 2 is 2.20 bits per heavy atom. The Bertz CT molecular complexity index is 528. The number of nitrogens with zero attached hydrogens (tertiary/aromatic N) is 3. The number of nitrogens with two attached hydrogens (primary N) is 1. The Labute approximate surface area is 128 Å². The summed E-state index contributed by atoms with van der Waals surface area (Å²) in [6.45, 7) is 6.69. The average Bonchev–Trinajstić information content (AvgIpc) is 2.41. The summed E-state index contributed by atoms with van der Waals surface area (Å²) in [5, 5.41) is 4.31. The van der Waals surface area contributed by atoms with E-state index in [1.807, 2.05) is 13.8 Å². The summed E-state index contributed by atoms with van der Waals surface area (Å²) in [7, 11) is 0. The lowest BCUT2D eigenvalue weighted by atomic mass is 9.96. The summed E-state index contributed by atoms with van der Waals surface area (Å²) in [5.41, 5.74) is 6.69. The topological polar surface area (TPSA) is 64.2 Å².